The molecule has 0 aromatic carbocycles. The van der Waals surface area contributed by atoms with Crippen LogP contribution in [0.1, 0.15) is 52.9 Å². The molecule has 0 radical (unpaired) electrons. The Labute approximate surface area is 124 Å². The van der Waals surface area contributed by atoms with Crippen molar-refractivity contribution in [2.75, 3.05) is 27.2 Å². The molecule has 0 aliphatic heterocycles. The van der Waals surface area contributed by atoms with Gasteiger partial charge in [0, 0.05) is 12.6 Å². The van der Waals surface area contributed by atoms with Gasteiger partial charge in [-0.15, -0.1) is 0 Å². The van der Waals surface area contributed by atoms with Crippen LogP contribution in [0, 0.1) is 5.92 Å². The number of likely N-dealkylation sites (N-methyl/N-ethyl adjacent to an activating group) is 1. The lowest BCUT2D eigenvalue weighted by atomic mass is 9.91. The summed E-state index contributed by atoms with van der Waals surface area (Å²) in [4.78, 5) is 14.8. The quantitative estimate of drug-likeness (QED) is 0.626. The highest BCUT2D eigenvalue weighted by atomic mass is 16.5. The van der Waals surface area contributed by atoms with Gasteiger partial charge in [0.25, 0.3) is 0 Å². The second kappa shape index (κ2) is 7.99. The van der Waals surface area contributed by atoms with Crippen LogP contribution in [0.15, 0.2) is 0 Å². The molecule has 1 rings (SSSR count). The fourth-order valence-corrected chi connectivity index (χ4v) is 2.90. The zero-order valence-corrected chi connectivity index (χ0v) is 13.9. The average molecular weight is 284 g/mol. The van der Waals surface area contributed by atoms with Crippen LogP contribution in [0.25, 0.3) is 0 Å². The number of hydrogen-bond acceptors (Lipinski definition) is 4. The maximum absolute atomic E-state index is 12.4. The van der Waals surface area contributed by atoms with Gasteiger partial charge in [-0.05, 0) is 52.1 Å². The number of esters is 1. The highest BCUT2D eigenvalue weighted by Gasteiger charge is 2.52. The predicted molar refractivity (Wildman–Crippen MR) is 82.8 cm³/mol. The third-order valence-corrected chi connectivity index (χ3v) is 4.74. The minimum Gasteiger partial charge on any atom is -0.468 e. The molecule has 0 aromatic rings. The predicted octanol–water partition coefficient (Wildman–Crippen LogP) is 2.43. The van der Waals surface area contributed by atoms with E-state index >= 15 is 0 Å². The van der Waals surface area contributed by atoms with Gasteiger partial charge in [-0.2, -0.15) is 0 Å². The number of nitrogens with one attached hydrogen (secondary N) is 1. The Morgan fingerprint density at radius 2 is 2.10 bits per heavy atom. The van der Waals surface area contributed by atoms with E-state index in [9.17, 15) is 4.79 Å². The van der Waals surface area contributed by atoms with Crippen molar-refractivity contribution in [1.82, 2.24) is 10.2 Å². The second-order valence-electron chi connectivity index (χ2n) is 6.07. The Morgan fingerprint density at radius 3 is 2.50 bits per heavy atom. The zero-order chi connectivity index (χ0) is 15.2. The maximum Gasteiger partial charge on any atom is 0.327 e. The van der Waals surface area contributed by atoms with E-state index in [0.29, 0.717) is 12.0 Å². The number of carbonyl (C=O) groups excluding carboxylic acids is 1. The number of methoxy groups -OCH3 is 1. The van der Waals surface area contributed by atoms with Crippen molar-refractivity contribution < 1.29 is 9.53 Å². The summed E-state index contributed by atoms with van der Waals surface area (Å²) in [7, 11) is 3.39. The third-order valence-electron chi connectivity index (χ3n) is 4.74. The maximum atomic E-state index is 12.4. The Morgan fingerprint density at radius 1 is 1.45 bits per heavy atom. The van der Waals surface area contributed by atoms with Crippen LogP contribution in [-0.2, 0) is 9.53 Å². The van der Waals surface area contributed by atoms with E-state index in [0.717, 1.165) is 32.4 Å². The fraction of sp³-hybridized carbons (Fsp3) is 0.938. The van der Waals surface area contributed by atoms with Gasteiger partial charge in [0.05, 0.1) is 7.11 Å². The normalized spacial score (nSPS) is 19.7. The standard InChI is InChI=1S/C16H32N2O2/c1-6-8-11-18(13(3)7-2)12-16(17-4,14-9-10-14)15(19)20-5/h13-14,17H,6-12H2,1-5H3. The largest absolute Gasteiger partial charge is 0.468 e. The van der Waals surface area contributed by atoms with Gasteiger partial charge in [0.2, 0.25) is 0 Å². The Bertz CT molecular complexity index is 305. The molecule has 2 unspecified atom stereocenters. The summed E-state index contributed by atoms with van der Waals surface area (Å²) in [5.41, 5.74) is -0.522. The number of carbonyl (C=O) groups is 1. The van der Waals surface area contributed by atoms with Gasteiger partial charge in [-0.25, -0.2) is 4.79 Å². The fourth-order valence-electron chi connectivity index (χ4n) is 2.90. The first-order valence-electron chi connectivity index (χ1n) is 8.07. The molecule has 1 N–H and O–H groups in total. The molecular weight excluding hydrogens is 252 g/mol. The number of rotatable bonds is 10. The van der Waals surface area contributed by atoms with Crippen molar-refractivity contribution in [1.29, 1.82) is 0 Å². The molecule has 118 valence electrons. The molecule has 1 aliphatic carbocycles. The summed E-state index contributed by atoms with van der Waals surface area (Å²) >= 11 is 0. The first-order valence-corrected chi connectivity index (χ1v) is 8.07. The lowest BCUT2D eigenvalue weighted by Gasteiger charge is -2.39. The second-order valence-corrected chi connectivity index (χ2v) is 6.07. The minimum atomic E-state index is -0.522. The van der Waals surface area contributed by atoms with Gasteiger partial charge in [0.15, 0.2) is 0 Å². The van der Waals surface area contributed by atoms with Gasteiger partial charge < -0.3 is 10.1 Å². The molecule has 0 bridgehead atoms. The first kappa shape index (κ1) is 17.4. The SMILES string of the molecule is CCCCN(CC(NC)(C(=O)OC)C1CC1)C(C)CC. The summed E-state index contributed by atoms with van der Waals surface area (Å²) in [5, 5.41) is 3.30. The highest BCUT2D eigenvalue weighted by molar-refractivity contribution is 5.82. The number of unbranched alkanes of at least 4 members (excludes halogenated alkanes) is 1. The first-order chi connectivity index (χ1) is 9.55. The van der Waals surface area contributed by atoms with Crippen molar-refractivity contribution in [2.45, 2.75) is 64.5 Å². The zero-order valence-electron chi connectivity index (χ0n) is 13.9. The van der Waals surface area contributed by atoms with Gasteiger partial charge in [-0.1, -0.05) is 20.3 Å². The Hall–Kier alpha value is -0.610. The van der Waals surface area contributed by atoms with E-state index in [4.69, 9.17) is 4.74 Å². The average Bonchev–Trinajstić information content (AvgIpc) is 3.31. The van der Waals surface area contributed by atoms with Crippen LogP contribution in [0.3, 0.4) is 0 Å². The lowest BCUT2D eigenvalue weighted by Crippen LogP contribution is -2.61. The third kappa shape index (κ3) is 3.95. The molecule has 20 heavy (non-hydrogen) atoms. The number of nitrogens with zero attached hydrogens (tertiary/aromatic N) is 1. The topological polar surface area (TPSA) is 41.6 Å². The van der Waals surface area contributed by atoms with Crippen molar-refractivity contribution in [3.63, 3.8) is 0 Å². The molecule has 1 fully saturated rings. The summed E-state index contributed by atoms with van der Waals surface area (Å²) < 4.78 is 5.10. The van der Waals surface area contributed by atoms with E-state index in [1.54, 1.807) is 0 Å². The van der Waals surface area contributed by atoms with Crippen LogP contribution < -0.4 is 5.32 Å². The lowest BCUT2D eigenvalue weighted by molar-refractivity contribution is -0.150. The van der Waals surface area contributed by atoms with E-state index in [1.165, 1.54) is 20.0 Å². The van der Waals surface area contributed by atoms with E-state index in [1.807, 2.05) is 7.05 Å². The molecule has 0 amide bonds. The van der Waals surface area contributed by atoms with Crippen LogP contribution in [0.5, 0.6) is 0 Å². The molecule has 4 nitrogen and oxygen atoms in total. The van der Waals surface area contributed by atoms with Crippen LogP contribution >= 0.6 is 0 Å². The van der Waals surface area contributed by atoms with Crippen molar-refractivity contribution in [2.24, 2.45) is 5.92 Å². The number of hydrogen-bond donors (Lipinski definition) is 1. The summed E-state index contributed by atoms with van der Waals surface area (Å²) in [5.74, 6) is 0.320. The van der Waals surface area contributed by atoms with Gasteiger partial charge in [0.1, 0.15) is 5.54 Å². The molecule has 0 aromatic heterocycles. The van der Waals surface area contributed by atoms with E-state index in [2.05, 4.69) is 31.0 Å². The summed E-state index contributed by atoms with van der Waals surface area (Å²) in [6.07, 6.45) is 5.71. The molecule has 0 saturated heterocycles. The molecule has 2 atom stereocenters. The van der Waals surface area contributed by atoms with Crippen molar-refractivity contribution in [3.05, 3.63) is 0 Å². The van der Waals surface area contributed by atoms with Crippen LogP contribution in [0.2, 0.25) is 0 Å². The van der Waals surface area contributed by atoms with Crippen molar-refractivity contribution >= 4 is 5.97 Å². The number of ether oxygens (including phenoxy) is 1. The van der Waals surface area contributed by atoms with Gasteiger partial charge >= 0.3 is 5.97 Å². The molecule has 1 saturated carbocycles. The minimum absolute atomic E-state index is 0.104. The van der Waals surface area contributed by atoms with Crippen molar-refractivity contribution in [3.8, 4) is 0 Å². The van der Waals surface area contributed by atoms with Crippen LogP contribution in [0.4, 0.5) is 0 Å². The Kier molecular flexibility index (Phi) is 6.96. The smallest absolute Gasteiger partial charge is 0.327 e. The molecule has 0 heterocycles. The highest BCUT2D eigenvalue weighted by Crippen LogP contribution is 2.41. The molecule has 0 spiro atoms. The molecule has 1 aliphatic rings. The van der Waals surface area contributed by atoms with E-state index < -0.39 is 5.54 Å². The van der Waals surface area contributed by atoms with Crippen LogP contribution in [-0.4, -0.2) is 49.7 Å². The van der Waals surface area contributed by atoms with E-state index in [-0.39, 0.29) is 5.97 Å². The monoisotopic (exact) mass is 284 g/mol. The molecule has 4 heteroatoms. The summed E-state index contributed by atoms with van der Waals surface area (Å²) in [6.45, 7) is 8.48. The molecular formula is C16H32N2O2. The Balaban J connectivity index is 2.86. The van der Waals surface area contributed by atoms with Gasteiger partial charge in [-0.3, -0.25) is 4.90 Å². The summed E-state index contributed by atoms with van der Waals surface area (Å²) in [6, 6.07) is 0.498.